The first-order valence-electron chi connectivity index (χ1n) is 4.78. The Morgan fingerprint density at radius 1 is 1.56 bits per heavy atom. The van der Waals surface area contributed by atoms with Gasteiger partial charge in [-0.05, 0) is 18.6 Å². The average Bonchev–Trinajstić information content (AvgIpc) is 2.15. The molecule has 6 N–H and O–H groups in total. The molecule has 0 aliphatic carbocycles. The van der Waals surface area contributed by atoms with Gasteiger partial charge in [0.25, 0.3) is 0 Å². The van der Waals surface area contributed by atoms with E-state index in [1.807, 2.05) is 0 Å². The lowest BCUT2D eigenvalue weighted by Gasteiger charge is -2.17. The van der Waals surface area contributed by atoms with Crippen LogP contribution < -0.4 is 11.5 Å². The van der Waals surface area contributed by atoms with Gasteiger partial charge in [-0.25, -0.2) is 0 Å². The lowest BCUT2D eigenvalue weighted by Crippen LogP contribution is -2.26. The third kappa shape index (κ3) is 2.91. The summed E-state index contributed by atoms with van der Waals surface area (Å²) in [5.41, 5.74) is 11.8. The molecule has 0 aromatic carbocycles. The van der Waals surface area contributed by atoms with E-state index in [-0.39, 0.29) is 17.8 Å². The molecule has 1 rings (SSSR count). The topological polar surface area (TPSA) is 122 Å². The zero-order chi connectivity index (χ0) is 12.3. The number of nitrogens with zero attached hydrogens (tertiary/aromatic N) is 1. The standard InChI is InChI=1S/C10H15N3O3/c1-5-2-6(11)9(13-4-5)10(16)7(14)3-8(12)15/h2,4,7,10,14,16H,3,11H2,1H3,(H2,12,15). The van der Waals surface area contributed by atoms with Crippen LogP contribution in [0.2, 0.25) is 0 Å². The summed E-state index contributed by atoms with van der Waals surface area (Å²) in [6.07, 6.45) is -1.43. The summed E-state index contributed by atoms with van der Waals surface area (Å²) in [4.78, 5) is 14.5. The third-order valence-corrected chi connectivity index (χ3v) is 2.14. The molecule has 88 valence electrons. The van der Waals surface area contributed by atoms with Crippen LogP contribution in [0.3, 0.4) is 0 Å². The van der Waals surface area contributed by atoms with Crippen molar-refractivity contribution in [1.82, 2.24) is 4.98 Å². The van der Waals surface area contributed by atoms with Gasteiger partial charge in [0.2, 0.25) is 5.91 Å². The Kier molecular flexibility index (Phi) is 3.81. The highest BCUT2D eigenvalue weighted by atomic mass is 16.3. The number of aliphatic hydroxyl groups is 2. The summed E-state index contributed by atoms with van der Waals surface area (Å²) in [6, 6.07) is 1.63. The number of aliphatic hydroxyl groups excluding tert-OH is 2. The molecule has 0 fully saturated rings. The Morgan fingerprint density at radius 2 is 2.19 bits per heavy atom. The Morgan fingerprint density at radius 3 is 2.69 bits per heavy atom. The molecular weight excluding hydrogens is 210 g/mol. The zero-order valence-corrected chi connectivity index (χ0v) is 8.92. The minimum atomic E-state index is -1.31. The number of primary amides is 1. The van der Waals surface area contributed by atoms with Crippen LogP contribution in [0, 0.1) is 6.92 Å². The molecular formula is C10H15N3O3. The minimum Gasteiger partial charge on any atom is -0.397 e. The van der Waals surface area contributed by atoms with Crippen molar-refractivity contribution >= 4 is 11.6 Å². The maximum atomic E-state index is 10.6. The molecule has 1 heterocycles. The molecule has 0 saturated heterocycles. The average molecular weight is 225 g/mol. The van der Waals surface area contributed by atoms with E-state index >= 15 is 0 Å². The van der Waals surface area contributed by atoms with Crippen molar-refractivity contribution < 1.29 is 15.0 Å². The highest BCUT2D eigenvalue weighted by Gasteiger charge is 2.23. The molecule has 1 aromatic rings. The SMILES string of the molecule is Cc1cnc(C(O)C(O)CC(N)=O)c(N)c1. The predicted octanol–water partition coefficient (Wildman–Crippen LogP) is -0.758. The number of amides is 1. The van der Waals surface area contributed by atoms with Gasteiger partial charge < -0.3 is 21.7 Å². The number of carbonyl (C=O) groups is 1. The fourth-order valence-electron chi connectivity index (χ4n) is 1.35. The second kappa shape index (κ2) is 4.91. The van der Waals surface area contributed by atoms with Gasteiger partial charge >= 0.3 is 0 Å². The molecule has 1 aromatic heterocycles. The highest BCUT2D eigenvalue weighted by Crippen LogP contribution is 2.22. The fraction of sp³-hybridized carbons (Fsp3) is 0.400. The van der Waals surface area contributed by atoms with Gasteiger partial charge in [0.15, 0.2) is 0 Å². The molecule has 2 atom stereocenters. The van der Waals surface area contributed by atoms with E-state index in [2.05, 4.69) is 4.98 Å². The smallest absolute Gasteiger partial charge is 0.220 e. The maximum absolute atomic E-state index is 10.6. The summed E-state index contributed by atoms with van der Waals surface area (Å²) < 4.78 is 0. The fourth-order valence-corrected chi connectivity index (χ4v) is 1.35. The van der Waals surface area contributed by atoms with Crippen molar-refractivity contribution in [2.75, 3.05) is 5.73 Å². The summed E-state index contributed by atoms with van der Waals surface area (Å²) >= 11 is 0. The number of rotatable bonds is 4. The number of pyridine rings is 1. The van der Waals surface area contributed by atoms with Crippen molar-refractivity contribution in [2.45, 2.75) is 25.6 Å². The third-order valence-electron chi connectivity index (χ3n) is 2.14. The number of aryl methyl sites for hydroxylation is 1. The van der Waals surface area contributed by atoms with E-state index in [0.717, 1.165) is 5.56 Å². The van der Waals surface area contributed by atoms with Crippen molar-refractivity contribution in [3.05, 3.63) is 23.5 Å². The summed E-state index contributed by atoms with van der Waals surface area (Å²) in [6.45, 7) is 1.80. The van der Waals surface area contributed by atoms with Crippen molar-refractivity contribution in [3.8, 4) is 0 Å². The van der Waals surface area contributed by atoms with Gasteiger partial charge in [-0.3, -0.25) is 9.78 Å². The molecule has 6 nitrogen and oxygen atoms in total. The second-order valence-corrected chi connectivity index (χ2v) is 3.67. The van der Waals surface area contributed by atoms with Crippen molar-refractivity contribution in [2.24, 2.45) is 5.73 Å². The Hall–Kier alpha value is -1.66. The Bertz CT molecular complexity index is 395. The van der Waals surface area contributed by atoms with E-state index in [1.54, 1.807) is 13.0 Å². The van der Waals surface area contributed by atoms with E-state index in [9.17, 15) is 15.0 Å². The number of carbonyl (C=O) groups excluding carboxylic acids is 1. The molecule has 0 radical (unpaired) electrons. The minimum absolute atomic E-state index is 0.152. The van der Waals surface area contributed by atoms with Crippen LogP contribution in [-0.4, -0.2) is 27.2 Å². The molecule has 1 amide bonds. The molecule has 0 aliphatic heterocycles. The quantitative estimate of drug-likeness (QED) is 0.536. The van der Waals surface area contributed by atoms with Crippen LogP contribution in [0.4, 0.5) is 5.69 Å². The van der Waals surface area contributed by atoms with Crippen LogP contribution in [-0.2, 0) is 4.79 Å². The lowest BCUT2D eigenvalue weighted by molar-refractivity contribution is -0.121. The summed E-state index contributed by atoms with van der Waals surface area (Å²) in [5.74, 6) is -0.697. The first-order valence-corrected chi connectivity index (χ1v) is 4.78. The van der Waals surface area contributed by atoms with Crippen LogP contribution in [0.5, 0.6) is 0 Å². The molecule has 16 heavy (non-hydrogen) atoms. The van der Waals surface area contributed by atoms with Crippen LogP contribution >= 0.6 is 0 Å². The molecule has 0 saturated carbocycles. The Balaban J connectivity index is 2.87. The summed E-state index contributed by atoms with van der Waals surface area (Å²) in [5, 5.41) is 19.2. The van der Waals surface area contributed by atoms with Gasteiger partial charge in [0.05, 0.1) is 23.9 Å². The van der Waals surface area contributed by atoms with Crippen molar-refractivity contribution in [1.29, 1.82) is 0 Å². The molecule has 0 bridgehead atoms. The van der Waals surface area contributed by atoms with Crippen LogP contribution in [0.15, 0.2) is 12.3 Å². The number of anilines is 1. The number of nitrogens with two attached hydrogens (primary N) is 2. The molecule has 2 unspecified atom stereocenters. The normalized spacial score (nSPS) is 14.4. The first kappa shape index (κ1) is 12.4. The lowest BCUT2D eigenvalue weighted by atomic mass is 10.0. The van der Waals surface area contributed by atoms with E-state index in [4.69, 9.17) is 11.5 Å². The predicted molar refractivity (Wildman–Crippen MR) is 58.2 cm³/mol. The van der Waals surface area contributed by atoms with Crippen molar-refractivity contribution in [3.63, 3.8) is 0 Å². The van der Waals surface area contributed by atoms with Gasteiger partial charge in [0.1, 0.15) is 6.10 Å². The largest absolute Gasteiger partial charge is 0.397 e. The van der Waals surface area contributed by atoms with Gasteiger partial charge in [0, 0.05) is 6.20 Å². The van der Waals surface area contributed by atoms with E-state index < -0.39 is 18.1 Å². The maximum Gasteiger partial charge on any atom is 0.220 e. The molecule has 0 aliphatic rings. The highest BCUT2D eigenvalue weighted by molar-refractivity contribution is 5.74. The monoisotopic (exact) mass is 225 g/mol. The Labute approximate surface area is 92.9 Å². The summed E-state index contributed by atoms with van der Waals surface area (Å²) in [7, 11) is 0. The van der Waals surface area contributed by atoms with Crippen LogP contribution in [0.1, 0.15) is 23.8 Å². The first-order chi connectivity index (χ1) is 7.41. The second-order valence-electron chi connectivity index (χ2n) is 3.67. The number of hydrogen-bond donors (Lipinski definition) is 4. The van der Waals surface area contributed by atoms with E-state index in [0.29, 0.717) is 0 Å². The van der Waals surface area contributed by atoms with Gasteiger partial charge in [-0.2, -0.15) is 0 Å². The van der Waals surface area contributed by atoms with Gasteiger partial charge in [-0.15, -0.1) is 0 Å². The van der Waals surface area contributed by atoms with E-state index in [1.165, 1.54) is 6.20 Å². The van der Waals surface area contributed by atoms with Gasteiger partial charge in [-0.1, -0.05) is 0 Å². The molecule has 0 spiro atoms. The molecule has 6 heteroatoms. The zero-order valence-electron chi connectivity index (χ0n) is 8.92. The number of hydrogen-bond acceptors (Lipinski definition) is 5. The number of nitrogen functional groups attached to an aromatic ring is 1. The van der Waals surface area contributed by atoms with Crippen LogP contribution in [0.25, 0.3) is 0 Å². The number of aromatic nitrogens is 1.